The van der Waals surface area contributed by atoms with Crippen molar-refractivity contribution in [1.82, 2.24) is 9.97 Å². The highest BCUT2D eigenvalue weighted by Crippen LogP contribution is 2.29. The molecule has 0 spiro atoms. The Kier molecular flexibility index (Phi) is 1.35. The van der Waals surface area contributed by atoms with E-state index in [1.54, 1.807) is 6.20 Å². The lowest BCUT2D eigenvalue weighted by Gasteiger charge is -1.92. The van der Waals surface area contributed by atoms with E-state index in [0.29, 0.717) is 6.61 Å². The van der Waals surface area contributed by atoms with Crippen molar-refractivity contribution in [3.05, 3.63) is 24.3 Å². The molecule has 0 fully saturated rings. The topological polar surface area (TPSA) is 35.0 Å². The van der Waals surface area contributed by atoms with Gasteiger partial charge in [-0.1, -0.05) is 6.08 Å². The maximum Gasteiger partial charge on any atom is 0.164 e. The van der Waals surface area contributed by atoms with Gasteiger partial charge in [0.15, 0.2) is 5.75 Å². The fraction of sp³-hybridized carbons (Fsp3) is 0.250. The Bertz CT molecular complexity index is 307. The summed E-state index contributed by atoms with van der Waals surface area (Å²) in [4.78, 5) is 7.97. The van der Waals surface area contributed by atoms with Crippen molar-refractivity contribution in [2.45, 2.75) is 6.92 Å². The van der Waals surface area contributed by atoms with Crippen LogP contribution in [0.1, 0.15) is 12.6 Å². The number of ether oxygens (including phenoxy) is 1. The predicted molar refractivity (Wildman–Crippen MR) is 41.2 cm³/mol. The summed E-state index contributed by atoms with van der Waals surface area (Å²) in [5.41, 5.74) is 2.07. The second-order valence-corrected chi connectivity index (χ2v) is 2.34. The summed E-state index contributed by atoms with van der Waals surface area (Å²) < 4.78 is 5.31. The summed E-state index contributed by atoms with van der Waals surface area (Å²) in [5.74, 6) is 0.792. The molecule has 1 aromatic heterocycles. The van der Waals surface area contributed by atoms with Gasteiger partial charge in [0.1, 0.15) is 18.6 Å². The number of fused-ring (bicyclic) bond motifs is 1. The molecule has 2 rings (SSSR count). The first-order valence-corrected chi connectivity index (χ1v) is 3.50. The third-order valence-corrected chi connectivity index (χ3v) is 1.71. The van der Waals surface area contributed by atoms with E-state index in [1.165, 1.54) is 6.33 Å². The summed E-state index contributed by atoms with van der Waals surface area (Å²) in [6.07, 6.45) is 5.24. The Hall–Kier alpha value is -1.38. The number of hydrogen-bond donors (Lipinski definition) is 0. The molecule has 3 nitrogen and oxygen atoms in total. The van der Waals surface area contributed by atoms with Crippen molar-refractivity contribution < 1.29 is 4.74 Å². The third kappa shape index (κ3) is 0.888. The molecular formula is C8H8N2O. The van der Waals surface area contributed by atoms with Gasteiger partial charge in [-0.15, -0.1) is 0 Å². The summed E-state index contributed by atoms with van der Waals surface area (Å²) in [6, 6.07) is 0. The molecule has 0 aliphatic carbocycles. The zero-order chi connectivity index (χ0) is 7.68. The van der Waals surface area contributed by atoms with Crippen LogP contribution in [0.25, 0.3) is 5.57 Å². The van der Waals surface area contributed by atoms with E-state index in [0.717, 1.165) is 17.0 Å². The molecule has 0 aromatic carbocycles. The van der Waals surface area contributed by atoms with E-state index < -0.39 is 0 Å². The van der Waals surface area contributed by atoms with Gasteiger partial charge in [-0.05, 0) is 6.92 Å². The lowest BCUT2D eigenvalue weighted by molar-refractivity contribution is 0.386. The normalized spacial score (nSPS) is 18.1. The first kappa shape index (κ1) is 6.34. The molecule has 56 valence electrons. The molecule has 0 atom stereocenters. The summed E-state index contributed by atoms with van der Waals surface area (Å²) >= 11 is 0. The monoisotopic (exact) mass is 148 g/mol. The van der Waals surface area contributed by atoms with E-state index in [4.69, 9.17) is 4.74 Å². The minimum Gasteiger partial charge on any atom is -0.485 e. The van der Waals surface area contributed by atoms with Crippen molar-refractivity contribution in [1.29, 1.82) is 0 Å². The first-order valence-electron chi connectivity index (χ1n) is 3.50. The molecule has 1 aromatic rings. The number of rotatable bonds is 0. The average molecular weight is 148 g/mol. The molecule has 0 bridgehead atoms. The van der Waals surface area contributed by atoms with Crippen LogP contribution in [0.15, 0.2) is 18.6 Å². The second kappa shape index (κ2) is 2.34. The van der Waals surface area contributed by atoms with Crippen molar-refractivity contribution in [2.75, 3.05) is 6.61 Å². The zero-order valence-corrected chi connectivity index (χ0v) is 6.24. The third-order valence-electron chi connectivity index (χ3n) is 1.71. The Morgan fingerprint density at radius 3 is 3.36 bits per heavy atom. The van der Waals surface area contributed by atoms with Crippen LogP contribution in [0.4, 0.5) is 0 Å². The Morgan fingerprint density at radius 1 is 1.64 bits per heavy atom. The van der Waals surface area contributed by atoms with Crippen LogP contribution in [0.5, 0.6) is 5.75 Å². The smallest absolute Gasteiger partial charge is 0.164 e. The number of allylic oxidation sites excluding steroid dienone is 1. The van der Waals surface area contributed by atoms with E-state index in [2.05, 4.69) is 9.97 Å². The molecule has 1 aliphatic rings. The Balaban J connectivity index is 2.55. The standard InChI is InChI=1S/C8H8N2O/c1-2-6-4-11-7-3-9-5-10-8(6)7/h2-3,5H,4H2,1H3. The Labute approximate surface area is 64.7 Å². The van der Waals surface area contributed by atoms with Crippen molar-refractivity contribution in [3.8, 4) is 5.75 Å². The van der Waals surface area contributed by atoms with Crippen LogP contribution in [0.2, 0.25) is 0 Å². The van der Waals surface area contributed by atoms with Crippen molar-refractivity contribution in [2.24, 2.45) is 0 Å². The molecule has 11 heavy (non-hydrogen) atoms. The van der Waals surface area contributed by atoms with Gasteiger partial charge >= 0.3 is 0 Å². The molecule has 0 radical (unpaired) electrons. The van der Waals surface area contributed by atoms with Gasteiger partial charge in [-0.3, -0.25) is 0 Å². The van der Waals surface area contributed by atoms with Gasteiger partial charge < -0.3 is 4.74 Å². The highest BCUT2D eigenvalue weighted by atomic mass is 16.5. The fourth-order valence-electron chi connectivity index (χ4n) is 1.11. The van der Waals surface area contributed by atoms with Crippen LogP contribution < -0.4 is 4.74 Å². The molecule has 0 amide bonds. The van der Waals surface area contributed by atoms with Crippen LogP contribution >= 0.6 is 0 Å². The zero-order valence-electron chi connectivity index (χ0n) is 6.24. The van der Waals surface area contributed by atoms with E-state index in [9.17, 15) is 0 Å². The van der Waals surface area contributed by atoms with E-state index in [1.807, 2.05) is 13.0 Å². The molecule has 0 saturated heterocycles. The van der Waals surface area contributed by atoms with Gasteiger partial charge in [-0.25, -0.2) is 9.97 Å². The minimum atomic E-state index is 0.629. The largest absolute Gasteiger partial charge is 0.485 e. The number of aromatic nitrogens is 2. The van der Waals surface area contributed by atoms with Gasteiger partial charge in [0.05, 0.1) is 6.20 Å². The SMILES string of the molecule is CC=C1COc2cncnc21. The molecule has 3 heteroatoms. The first-order chi connectivity index (χ1) is 5.42. The van der Waals surface area contributed by atoms with Crippen LogP contribution in [-0.4, -0.2) is 16.6 Å². The maximum atomic E-state index is 5.31. The highest BCUT2D eigenvalue weighted by Gasteiger charge is 2.17. The number of nitrogens with zero attached hydrogens (tertiary/aromatic N) is 2. The maximum absolute atomic E-state index is 5.31. The molecule has 2 heterocycles. The van der Waals surface area contributed by atoms with Gasteiger partial charge in [0.25, 0.3) is 0 Å². The van der Waals surface area contributed by atoms with E-state index in [-0.39, 0.29) is 0 Å². The molecule has 0 N–H and O–H groups in total. The summed E-state index contributed by atoms with van der Waals surface area (Å²) in [7, 11) is 0. The van der Waals surface area contributed by atoms with Gasteiger partial charge in [0, 0.05) is 5.57 Å². The number of hydrogen-bond acceptors (Lipinski definition) is 3. The Morgan fingerprint density at radius 2 is 2.55 bits per heavy atom. The molecule has 0 saturated carbocycles. The van der Waals surface area contributed by atoms with Gasteiger partial charge in [0.2, 0.25) is 0 Å². The van der Waals surface area contributed by atoms with Crippen molar-refractivity contribution in [3.63, 3.8) is 0 Å². The fourth-order valence-corrected chi connectivity index (χ4v) is 1.11. The highest BCUT2D eigenvalue weighted by molar-refractivity contribution is 5.70. The lowest BCUT2D eigenvalue weighted by atomic mass is 10.2. The lowest BCUT2D eigenvalue weighted by Crippen LogP contribution is -1.86. The minimum absolute atomic E-state index is 0.629. The quantitative estimate of drug-likeness (QED) is 0.555. The average Bonchev–Trinajstić information content (AvgIpc) is 2.47. The van der Waals surface area contributed by atoms with Crippen molar-refractivity contribution >= 4 is 5.57 Å². The van der Waals surface area contributed by atoms with Crippen LogP contribution in [-0.2, 0) is 0 Å². The van der Waals surface area contributed by atoms with Crippen LogP contribution in [0, 0.1) is 0 Å². The molecular weight excluding hydrogens is 140 g/mol. The second-order valence-electron chi connectivity index (χ2n) is 2.34. The van der Waals surface area contributed by atoms with Crippen LogP contribution in [0.3, 0.4) is 0 Å². The van der Waals surface area contributed by atoms with Gasteiger partial charge in [-0.2, -0.15) is 0 Å². The van der Waals surface area contributed by atoms with E-state index >= 15 is 0 Å². The molecule has 0 unspecified atom stereocenters. The summed E-state index contributed by atoms with van der Waals surface area (Å²) in [5, 5.41) is 0. The summed E-state index contributed by atoms with van der Waals surface area (Å²) in [6.45, 7) is 2.61. The molecule has 1 aliphatic heterocycles. The predicted octanol–water partition coefficient (Wildman–Crippen LogP) is 1.27.